The van der Waals surface area contributed by atoms with Crippen LogP contribution in [-0.4, -0.2) is 15.0 Å². The molecule has 0 aliphatic rings. The minimum absolute atomic E-state index is 0.188. The summed E-state index contributed by atoms with van der Waals surface area (Å²) in [6, 6.07) is 5.73. The van der Waals surface area contributed by atoms with Gasteiger partial charge in [0.05, 0.1) is 11.0 Å². The van der Waals surface area contributed by atoms with Gasteiger partial charge in [-0.3, -0.25) is 0 Å². The molecule has 2 aromatic heterocycles. The van der Waals surface area contributed by atoms with Crippen molar-refractivity contribution in [3.63, 3.8) is 0 Å². The summed E-state index contributed by atoms with van der Waals surface area (Å²) >= 11 is 4.88. The lowest BCUT2D eigenvalue weighted by Gasteiger charge is -1.95. The summed E-state index contributed by atoms with van der Waals surface area (Å²) in [5.41, 5.74) is 2.42. The van der Waals surface area contributed by atoms with Crippen molar-refractivity contribution in [2.75, 3.05) is 0 Å². The van der Waals surface area contributed by atoms with Gasteiger partial charge in [0, 0.05) is 10.9 Å². The van der Waals surface area contributed by atoms with E-state index in [1.165, 1.54) is 0 Å². The standard InChI is InChI=1S/C10H6BrN3OS/c11-8-4-16-9(14-8)5-1-2-6-7(3-5)13-10(15)12-6/h1-4H,(H2,12,13,15). The SMILES string of the molecule is O=c1[nH]c2ccc(-c3nc(Br)cs3)cc2[nH]1. The van der Waals surface area contributed by atoms with E-state index in [4.69, 9.17) is 0 Å². The van der Waals surface area contributed by atoms with Crippen molar-refractivity contribution in [2.24, 2.45) is 0 Å². The van der Waals surface area contributed by atoms with Gasteiger partial charge in [0.15, 0.2) is 0 Å². The lowest BCUT2D eigenvalue weighted by Crippen LogP contribution is -1.99. The van der Waals surface area contributed by atoms with Crippen molar-refractivity contribution < 1.29 is 0 Å². The van der Waals surface area contributed by atoms with Crippen LogP contribution in [0, 0.1) is 0 Å². The van der Waals surface area contributed by atoms with Crippen LogP contribution in [0.25, 0.3) is 21.6 Å². The molecule has 0 saturated heterocycles. The molecule has 3 aromatic rings. The number of aromatic nitrogens is 3. The Bertz CT molecular complexity index is 712. The van der Waals surface area contributed by atoms with E-state index in [2.05, 4.69) is 30.9 Å². The minimum Gasteiger partial charge on any atom is -0.306 e. The third-order valence-electron chi connectivity index (χ3n) is 2.24. The van der Waals surface area contributed by atoms with Crippen LogP contribution in [0.3, 0.4) is 0 Å². The number of aromatic amines is 2. The molecule has 6 heteroatoms. The minimum atomic E-state index is -0.188. The third-order valence-corrected chi connectivity index (χ3v) is 3.84. The summed E-state index contributed by atoms with van der Waals surface area (Å²) in [4.78, 5) is 20.9. The first kappa shape index (κ1) is 9.80. The van der Waals surface area contributed by atoms with Crippen LogP contribution in [0.4, 0.5) is 0 Å². The molecular formula is C10H6BrN3OS. The summed E-state index contributed by atoms with van der Waals surface area (Å²) in [5, 5.41) is 2.86. The molecule has 0 radical (unpaired) electrons. The van der Waals surface area contributed by atoms with Gasteiger partial charge in [-0.1, -0.05) is 0 Å². The fourth-order valence-corrected chi connectivity index (χ4v) is 2.80. The number of H-pyrrole nitrogens is 2. The average Bonchev–Trinajstić information content (AvgIpc) is 2.81. The van der Waals surface area contributed by atoms with E-state index >= 15 is 0 Å². The number of fused-ring (bicyclic) bond motifs is 1. The van der Waals surface area contributed by atoms with Gasteiger partial charge in [-0.2, -0.15) is 0 Å². The van der Waals surface area contributed by atoms with Crippen molar-refractivity contribution in [3.8, 4) is 10.6 Å². The summed E-state index contributed by atoms with van der Waals surface area (Å²) in [5.74, 6) is 0. The van der Waals surface area contributed by atoms with Crippen LogP contribution < -0.4 is 5.69 Å². The van der Waals surface area contributed by atoms with Crippen LogP contribution in [-0.2, 0) is 0 Å². The van der Waals surface area contributed by atoms with Crippen LogP contribution >= 0.6 is 27.3 Å². The largest absolute Gasteiger partial charge is 0.323 e. The number of halogens is 1. The lowest BCUT2D eigenvalue weighted by atomic mass is 10.2. The average molecular weight is 296 g/mol. The molecule has 80 valence electrons. The van der Waals surface area contributed by atoms with Crippen molar-refractivity contribution in [2.45, 2.75) is 0 Å². The molecule has 0 saturated carbocycles. The van der Waals surface area contributed by atoms with E-state index in [9.17, 15) is 4.79 Å². The van der Waals surface area contributed by atoms with Crippen LogP contribution in [0.15, 0.2) is 33.0 Å². The smallest absolute Gasteiger partial charge is 0.306 e. The fraction of sp³-hybridized carbons (Fsp3) is 0. The molecule has 0 bridgehead atoms. The maximum Gasteiger partial charge on any atom is 0.323 e. The zero-order valence-corrected chi connectivity index (χ0v) is 10.4. The number of nitrogens with zero attached hydrogens (tertiary/aromatic N) is 1. The lowest BCUT2D eigenvalue weighted by molar-refractivity contribution is 1.21. The van der Waals surface area contributed by atoms with Gasteiger partial charge >= 0.3 is 5.69 Å². The molecule has 1 aromatic carbocycles. The summed E-state index contributed by atoms with van der Waals surface area (Å²) in [7, 11) is 0. The Morgan fingerprint density at radius 1 is 1.25 bits per heavy atom. The number of thiazole rings is 1. The highest BCUT2D eigenvalue weighted by molar-refractivity contribution is 9.10. The summed E-state index contributed by atoms with van der Waals surface area (Å²) < 4.78 is 0.829. The van der Waals surface area contributed by atoms with Crippen molar-refractivity contribution >= 4 is 38.3 Å². The fourth-order valence-electron chi connectivity index (χ4n) is 1.55. The second kappa shape index (κ2) is 3.57. The van der Waals surface area contributed by atoms with Gasteiger partial charge < -0.3 is 9.97 Å². The van der Waals surface area contributed by atoms with Gasteiger partial charge in [0.1, 0.15) is 9.61 Å². The molecule has 0 aliphatic heterocycles. The molecule has 0 unspecified atom stereocenters. The Kier molecular flexibility index (Phi) is 2.19. The number of hydrogen-bond acceptors (Lipinski definition) is 3. The first-order valence-corrected chi connectivity index (χ1v) is 6.23. The van der Waals surface area contributed by atoms with E-state index < -0.39 is 0 Å². The van der Waals surface area contributed by atoms with E-state index in [1.807, 2.05) is 23.6 Å². The molecule has 0 fully saturated rings. The quantitative estimate of drug-likeness (QED) is 0.725. The maximum atomic E-state index is 11.1. The third kappa shape index (κ3) is 1.60. The number of benzene rings is 1. The zero-order chi connectivity index (χ0) is 11.1. The molecule has 0 spiro atoms. The van der Waals surface area contributed by atoms with Gasteiger partial charge in [-0.25, -0.2) is 9.78 Å². The molecular weight excluding hydrogens is 290 g/mol. The predicted octanol–water partition coefficient (Wildman–Crippen LogP) is 2.74. The van der Waals surface area contributed by atoms with Gasteiger partial charge in [0.2, 0.25) is 0 Å². The molecule has 3 rings (SSSR count). The molecule has 0 atom stereocenters. The van der Waals surface area contributed by atoms with Crippen LogP contribution in [0.5, 0.6) is 0 Å². The first-order valence-electron chi connectivity index (χ1n) is 4.56. The molecule has 2 heterocycles. The van der Waals surface area contributed by atoms with E-state index in [0.717, 1.165) is 26.2 Å². The Morgan fingerprint density at radius 2 is 2.06 bits per heavy atom. The second-order valence-electron chi connectivity index (χ2n) is 3.31. The second-order valence-corrected chi connectivity index (χ2v) is 4.99. The van der Waals surface area contributed by atoms with E-state index in [1.54, 1.807) is 11.3 Å². The van der Waals surface area contributed by atoms with Gasteiger partial charge in [0.25, 0.3) is 0 Å². The highest BCUT2D eigenvalue weighted by atomic mass is 79.9. The first-order chi connectivity index (χ1) is 7.72. The van der Waals surface area contributed by atoms with E-state index in [0.29, 0.717) is 0 Å². The van der Waals surface area contributed by atoms with Crippen molar-refractivity contribution in [3.05, 3.63) is 38.7 Å². The number of nitrogens with one attached hydrogen (secondary N) is 2. The number of rotatable bonds is 1. The Labute approximate surface area is 102 Å². The molecule has 4 nitrogen and oxygen atoms in total. The zero-order valence-electron chi connectivity index (χ0n) is 7.95. The monoisotopic (exact) mass is 295 g/mol. The van der Waals surface area contributed by atoms with Gasteiger partial charge in [-0.05, 0) is 34.1 Å². The Morgan fingerprint density at radius 3 is 2.81 bits per heavy atom. The van der Waals surface area contributed by atoms with E-state index in [-0.39, 0.29) is 5.69 Å². The summed E-state index contributed by atoms with van der Waals surface area (Å²) in [6.07, 6.45) is 0. The topological polar surface area (TPSA) is 61.5 Å². The van der Waals surface area contributed by atoms with Crippen molar-refractivity contribution in [1.29, 1.82) is 0 Å². The predicted molar refractivity (Wildman–Crippen MR) is 67.7 cm³/mol. The highest BCUT2D eigenvalue weighted by Crippen LogP contribution is 2.27. The van der Waals surface area contributed by atoms with Crippen molar-refractivity contribution in [1.82, 2.24) is 15.0 Å². The maximum absolute atomic E-state index is 11.1. The number of imidazole rings is 1. The number of hydrogen-bond donors (Lipinski definition) is 2. The molecule has 2 N–H and O–H groups in total. The van der Waals surface area contributed by atoms with Crippen LogP contribution in [0.2, 0.25) is 0 Å². The highest BCUT2D eigenvalue weighted by Gasteiger charge is 2.05. The normalized spacial score (nSPS) is 11.1. The summed E-state index contributed by atoms with van der Waals surface area (Å²) in [6.45, 7) is 0. The Hall–Kier alpha value is -1.40. The molecule has 0 aliphatic carbocycles. The van der Waals surface area contributed by atoms with Crippen LogP contribution in [0.1, 0.15) is 0 Å². The van der Waals surface area contributed by atoms with Gasteiger partial charge in [-0.15, -0.1) is 11.3 Å². The molecule has 16 heavy (non-hydrogen) atoms. The molecule has 0 amide bonds. The Balaban J connectivity index is 2.21.